The highest BCUT2D eigenvalue weighted by Gasteiger charge is 2.40. The molecule has 3 N–H and O–H groups in total. The van der Waals surface area contributed by atoms with Gasteiger partial charge in [-0.3, -0.25) is 14.5 Å². The Bertz CT molecular complexity index is 322. The first kappa shape index (κ1) is 15.9. The van der Waals surface area contributed by atoms with Gasteiger partial charge in [0, 0.05) is 19.5 Å². The fourth-order valence-corrected chi connectivity index (χ4v) is 2.39. The molecule has 0 aliphatic carbocycles. The molecule has 1 amide bonds. The molecule has 19 heavy (non-hydrogen) atoms. The number of carboxylic acids is 1. The summed E-state index contributed by atoms with van der Waals surface area (Å²) in [6, 6.07) is -1.30. The minimum absolute atomic E-state index is 0.170. The van der Waals surface area contributed by atoms with Crippen LogP contribution in [-0.4, -0.2) is 58.3 Å². The number of β-amino-alcohol motifs (C(OH)–C–C–N with tert-alkyl or cyclic N) is 1. The van der Waals surface area contributed by atoms with Crippen LogP contribution in [-0.2, 0) is 9.59 Å². The van der Waals surface area contributed by atoms with Gasteiger partial charge in [-0.1, -0.05) is 19.8 Å². The Kier molecular flexibility index (Phi) is 6.24. The van der Waals surface area contributed by atoms with Crippen LogP contribution in [0.4, 0.5) is 0 Å². The molecule has 3 atom stereocenters. The summed E-state index contributed by atoms with van der Waals surface area (Å²) in [7, 11) is 0. The molecule has 0 aromatic carbocycles. The highest BCUT2D eigenvalue weighted by atomic mass is 16.4. The molecular weight excluding hydrogens is 248 g/mol. The fraction of sp³-hybridized carbons (Fsp3) is 0.846. The van der Waals surface area contributed by atoms with E-state index in [1.165, 1.54) is 0 Å². The van der Waals surface area contributed by atoms with Crippen molar-refractivity contribution in [1.29, 1.82) is 0 Å². The Balaban J connectivity index is 2.48. The number of unbranched alkanes of at least 4 members (excludes halogenated alkanes) is 2. The molecule has 110 valence electrons. The average Bonchev–Trinajstić information content (AvgIpc) is 2.75. The summed E-state index contributed by atoms with van der Waals surface area (Å²) in [6.45, 7) is 4.63. The van der Waals surface area contributed by atoms with Crippen molar-refractivity contribution in [2.24, 2.45) is 0 Å². The Morgan fingerprint density at radius 1 is 1.42 bits per heavy atom. The number of carbonyl (C=O) groups excluding carboxylic acids is 1. The van der Waals surface area contributed by atoms with Crippen molar-refractivity contribution in [1.82, 2.24) is 10.2 Å². The first-order chi connectivity index (χ1) is 8.97. The topological polar surface area (TPSA) is 89.9 Å². The molecule has 1 fully saturated rings. The largest absolute Gasteiger partial charge is 0.480 e. The van der Waals surface area contributed by atoms with Gasteiger partial charge in [0.1, 0.15) is 6.04 Å². The summed E-state index contributed by atoms with van der Waals surface area (Å²) in [6.07, 6.45) is 2.60. The molecular formula is C13H24N2O4. The van der Waals surface area contributed by atoms with Crippen molar-refractivity contribution in [2.75, 3.05) is 13.1 Å². The van der Waals surface area contributed by atoms with E-state index in [1.54, 1.807) is 11.8 Å². The van der Waals surface area contributed by atoms with Gasteiger partial charge in [0.2, 0.25) is 5.91 Å². The summed E-state index contributed by atoms with van der Waals surface area (Å²) >= 11 is 0. The number of nitrogens with zero attached hydrogens (tertiary/aromatic N) is 1. The number of nitrogens with one attached hydrogen (secondary N) is 1. The summed E-state index contributed by atoms with van der Waals surface area (Å²) in [5.74, 6) is -1.15. The number of likely N-dealkylation sites (tertiary alicyclic amines) is 1. The van der Waals surface area contributed by atoms with Gasteiger partial charge in [-0.05, 0) is 13.3 Å². The van der Waals surface area contributed by atoms with Crippen molar-refractivity contribution in [3.05, 3.63) is 0 Å². The fourth-order valence-electron chi connectivity index (χ4n) is 2.39. The standard InChI is InChI=1S/C13H24N2O4/c1-3-4-5-6-14-12(17)9(2)15-8-10(16)7-11(15)13(18)19/h9-11,16H,3-8H2,1-2H3,(H,14,17)(H,18,19). The van der Waals surface area contributed by atoms with Crippen LogP contribution in [0.2, 0.25) is 0 Å². The lowest BCUT2D eigenvalue weighted by Gasteiger charge is -2.27. The first-order valence-corrected chi connectivity index (χ1v) is 6.91. The lowest BCUT2D eigenvalue weighted by Crippen LogP contribution is -2.49. The van der Waals surface area contributed by atoms with Crippen molar-refractivity contribution >= 4 is 11.9 Å². The minimum Gasteiger partial charge on any atom is -0.480 e. The van der Waals surface area contributed by atoms with Crippen molar-refractivity contribution in [3.8, 4) is 0 Å². The van der Waals surface area contributed by atoms with Gasteiger partial charge in [-0.2, -0.15) is 0 Å². The van der Waals surface area contributed by atoms with Crippen LogP contribution in [0.25, 0.3) is 0 Å². The van der Waals surface area contributed by atoms with Gasteiger partial charge in [0.05, 0.1) is 12.1 Å². The van der Waals surface area contributed by atoms with E-state index in [9.17, 15) is 14.7 Å². The lowest BCUT2D eigenvalue weighted by atomic mass is 10.2. The second-order valence-corrected chi connectivity index (χ2v) is 5.11. The van der Waals surface area contributed by atoms with Crippen LogP contribution in [0.5, 0.6) is 0 Å². The zero-order valence-corrected chi connectivity index (χ0v) is 11.6. The summed E-state index contributed by atoms with van der Waals surface area (Å²) < 4.78 is 0. The molecule has 0 spiro atoms. The molecule has 1 saturated heterocycles. The van der Waals surface area contributed by atoms with Gasteiger partial charge in [0.25, 0.3) is 0 Å². The molecule has 1 aliphatic rings. The van der Waals surface area contributed by atoms with E-state index in [1.807, 2.05) is 0 Å². The van der Waals surface area contributed by atoms with Gasteiger partial charge in [-0.15, -0.1) is 0 Å². The maximum atomic E-state index is 11.9. The van der Waals surface area contributed by atoms with E-state index in [-0.39, 0.29) is 18.9 Å². The number of aliphatic hydroxyl groups excluding tert-OH is 1. The Morgan fingerprint density at radius 2 is 2.11 bits per heavy atom. The van der Waals surface area contributed by atoms with Crippen LogP contribution < -0.4 is 5.32 Å². The van der Waals surface area contributed by atoms with E-state index in [0.29, 0.717) is 6.54 Å². The predicted molar refractivity (Wildman–Crippen MR) is 70.8 cm³/mol. The molecule has 0 bridgehead atoms. The third-order valence-corrected chi connectivity index (χ3v) is 3.56. The number of aliphatic hydroxyl groups is 1. The van der Waals surface area contributed by atoms with Gasteiger partial charge >= 0.3 is 5.97 Å². The maximum absolute atomic E-state index is 11.9. The maximum Gasteiger partial charge on any atom is 0.321 e. The monoisotopic (exact) mass is 272 g/mol. The molecule has 1 aliphatic heterocycles. The molecule has 6 nitrogen and oxygen atoms in total. The van der Waals surface area contributed by atoms with Gasteiger partial charge in [0.15, 0.2) is 0 Å². The Labute approximate surface area is 113 Å². The van der Waals surface area contributed by atoms with E-state index < -0.39 is 24.2 Å². The van der Waals surface area contributed by atoms with E-state index in [0.717, 1.165) is 19.3 Å². The highest BCUT2D eigenvalue weighted by molar-refractivity contribution is 5.83. The number of hydrogen-bond acceptors (Lipinski definition) is 4. The highest BCUT2D eigenvalue weighted by Crippen LogP contribution is 2.20. The molecule has 6 heteroatoms. The smallest absolute Gasteiger partial charge is 0.321 e. The first-order valence-electron chi connectivity index (χ1n) is 6.91. The zero-order valence-electron chi connectivity index (χ0n) is 11.6. The predicted octanol–water partition coefficient (Wildman–Crippen LogP) is 0.201. The number of carboxylic acid groups (broad SMARTS) is 1. The van der Waals surface area contributed by atoms with Crippen LogP contribution in [0.1, 0.15) is 39.5 Å². The van der Waals surface area contributed by atoms with Crippen molar-refractivity contribution in [3.63, 3.8) is 0 Å². The Morgan fingerprint density at radius 3 is 2.68 bits per heavy atom. The normalized spacial score (nSPS) is 25.2. The number of hydrogen-bond donors (Lipinski definition) is 3. The average molecular weight is 272 g/mol. The van der Waals surface area contributed by atoms with Crippen LogP contribution in [0.15, 0.2) is 0 Å². The SMILES string of the molecule is CCCCCNC(=O)C(C)N1CC(O)CC1C(=O)O. The molecule has 0 aromatic rings. The van der Waals surface area contributed by atoms with Crippen LogP contribution >= 0.6 is 0 Å². The molecule has 0 radical (unpaired) electrons. The summed E-state index contributed by atoms with van der Waals surface area (Å²) in [5.41, 5.74) is 0. The van der Waals surface area contributed by atoms with E-state index >= 15 is 0 Å². The van der Waals surface area contributed by atoms with E-state index in [4.69, 9.17) is 5.11 Å². The number of amides is 1. The lowest BCUT2D eigenvalue weighted by molar-refractivity contribution is -0.143. The third-order valence-electron chi connectivity index (χ3n) is 3.56. The number of aliphatic carboxylic acids is 1. The molecule has 0 aromatic heterocycles. The van der Waals surface area contributed by atoms with Gasteiger partial charge < -0.3 is 15.5 Å². The van der Waals surface area contributed by atoms with Gasteiger partial charge in [-0.25, -0.2) is 0 Å². The van der Waals surface area contributed by atoms with Crippen LogP contribution in [0, 0.1) is 0 Å². The quantitative estimate of drug-likeness (QED) is 0.576. The Hall–Kier alpha value is -1.14. The molecule has 1 heterocycles. The second-order valence-electron chi connectivity index (χ2n) is 5.11. The molecule has 0 saturated carbocycles. The van der Waals surface area contributed by atoms with Crippen LogP contribution in [0.3, 0.4) is 0 Å². The molecule has 3 unspecified atom stereocenters. The third kappa shape index (κ3) is 4.47. The summed E-state index contributed by atoms with van der Waals surface area (Å²) in [5, 5.41) is 21.5. The zero-order chi connectivity index (χ0) is 14.4. The molecule has 1 rings (SSSR count). The number of rotatable bonds is 7. The van der Waals surface area contributed by atoms with Crippen molar-refractivity contribution < 1.29 is 19.8 Å². The minimum atomic E-state index is -0.984. The van der Waals surface area contributed by atoms with Crippen molar-refractivity contribution in [2.45, 2.75) is 57.7 Å². The summed E-state index contributed by atoms with van der Waals surface area (Å²) in [4.78, 5) is 24.6. The second kappa shape index (κ2) is 7.45. The van der Waals surface area contributed by atoms with E-state index in [2.05, 4.69) is 12.2 Å². The number of carbonyl (C=O) groups is 2.